The van der Waals surface area contributed by atoms with Gasteiger partial charge in [-0.2, -0.15) is 0 Å². The maximum Gasteiger partial charge on any atom is 0.0541 e. The van der Waals surface area contributed by atoms with E-state index in [0.717, 1.165) is 11.4 Å². The van der Waals surface area contributed by atoms with Crippen LogP contribution in [0.4, 0.5) is 17.1 Å². The van der Waals surface area contributed by atoms with E-state index in [2.05, 4.69) is 268 Å². The number of hydrogen-bond donors (Lipinski definition) is 0. The Bertz CT molecular complexity index is 3810. The number of para-hydroxylation sites is 2. The summed E-state index contributed by atoms with van der Waals surface area (Å²) in [6, 6.07) is 86.7. The first-order valence-electron chi connectivity index (χ1n) is 25.9. The number of anilines is 3. The van der Waals surface area contributed by atoms with Crippen molar-refractivity contribution in [1.29, 1.82) is 0 Å². The lowest BCUT2D eigenvalue weighted by Gasteiger charge is -2.48. The number of hydrogen-bond acceptors (Lipinski definition) is 1. The van der Waals surface area contributed by atoms with Crippen LogP contribution in [0.5, 0.6) is 0 Å². The summed E-state index contributed by atoms with van der Waals surface area (Å²) in [6.07, 6.45) is 2.36. The van der Waals surface area contributed by atoms with Crippen molar-refractivity contribution in [3.05, 3.63) is 275 Å². The molecule has 4 aliphatic rings. The minimum Gasteiger partial charge on any atom is -0.310 e. The third kappa shape index (κ3) is 6.55. The molecule has 1 heterocycles. The third-order valence-corrected chi connectivity index (χ3v) is 16.8. The van der Waals surface area contributed by atoms with Gasteiger partial charge in [-0.15, -0.1) is 0 Å². The van der Waals surface area contributed by atoms with E-state index in [4.69, 9.17) is 0 Å². The van der Waals surface area contributed by atoms with Gasteiger partial charge in [0.15, 0.2) is 0 Å². The Morgan fingerprint density at radius 2 is 0.833 bits per heavy atom. The lowest BCUT2D eigenvalue weighted by Crippen LogP contribution is -2.36. The van der Waals surface area contributed by atoms with Crippen molar-refractivity contribution >= 4 is 38.9 Å². The Kier molecular flexibility index (Phi) is 9.58. The van der Waals surface area contributed by atoms with E-state index in [1.165, 1.54) is 124 Å². The molecule has 15 rings (SSSR count). The first kappa shape index (κ1) is 42.7. The molecule has 10 aromatic carbocycles. The zero-order chi connectivity index (χ0) is 48.3. The molecule has 4 aliphatic carbocycles. The molecule has 0 amide bonds. The Morgan fingerprint density at radius 3 is 1.40 bits per heavy atom. The maximum atomic E-state index is 2.68. The summed E-state index contributed by atoms with van der Waals surface area (Å²) < 4.78 is 2.43. The normalized spacial score (nSPS) is 16.7. The molecule has 11 aromatic rings. The van der Waals surface area contributed by atoms with Gasteiger partial charge in [0.05, 0.1) is 16.7 Å². The summed E-state index contributed by atoms with van der Waals surface area (Å²) in [6.45, 7) is 9.91. The average molecular weight is 925 g/mol. The zero-order valence-electron chi connectivity index (χ0n) is 41.4. The van der Waals surface area contributed by atoms with Crippen LogP contribution in [0, 0.1) is 0 Å². The molecular formula is C70H56N2. The van der Waals surface area contributed by atoms with E-state index in [1.54, 1.807) is 0 Å². The fraction of sp³-hybridized carbons (Fsp3) is 0.143. The predicted molar refractivity (Wildman–Crippen MR) is 302 cm³/mol. The summed E-state index contributed by atoms with van der Waals surface area (Å²) in [7, 11) is 0. The Labute approximate surface area is 423 Å². The Morgan fingerprint density at radius 1 is 0.375 bits per heavy atom. The van der Waals surface area contributed by atoms with Gasteiger partial charge in [0.1, 0.15) is 0 Å². The second-order valence-corrected chi connectivity index (χ2v) is 21.8. The van der Waals surface area contributed by atoms with Crippen molar-refractivity contribution in [1.82, 2.24) is 4.57 Å². The summed E-state index contributed by atoms with van der Waals surface area (Å²) >= 11 is 0. The molecule has 2 bridgehead atoms. The average Bonchev–Trinajstić information content (AvgIpc) is 3.76. The van der Waals surface area contributed by atoms with Crippen LogP contribution in [0.3, 0.4) is 0 Å². The summed E-state index contributed by atoms with van der Waals surface area (Å²) in [5.41, 5.74) is 26.3. The maximum absolute atomic E-state index is 2.68. The Balaban J connectivity index is 1.05. The van der Waals surface area contributed by atoms with Gasteiger partial charge in [-0.1, -0.05) is 198 Å². The molecule has 0 fully saturated rings. The molecule has 2 nitrogen and oxygen atoms in total. The number of aromatic nitrogens is 1. The monoisotopic (exact) mass is 924 g/mol. The molecule has 0 N–H and O–H groups in total. The van der Waals surface area contributed by atoms with Gasteiger partial charge in [-0.3, -0.25) is 0 Å². The van der Waals surface area contributed by atoms with Crippen molar-refractivity contribution in [2.45, 2.75) is 63.2 Å². The smallest absolute Gasteiger partial charge is 0.0541 e. The van der Waals surface area contributed by atoms with Gasteiger partial charge in [-0.05, 0) is 162 Å². The molecule has 0 spiro atoms. The van der Waals surface area contributed by atoms with Crippen LogP contribution in [0.2, 0.25) is 0 Å². The van der Waals surface area contributed by atoms with Gasteiger partial charge in [0, 0.05) is 39.7 Å². The van der Waals surface area contributed by atoms with Crippen molar-refractivity contribution in [2.24, 2.45) is 0 Å². The summed E-state index contributed by atoms with van der Waals surface area (Å²) in [5, 5.41) is 2.53. The summed E-state index contributed by atoms with van der Waals surface area (Å²) in [4.78, 5) is 2.55. The van der Waals surface area contributed by atoms with Gasteiger partial charge in [-0.25, -0.2) is 0 Å². The molecule has 346 valence electrons. The molecular weight excluding hydrogens is 869 g/mol. The van der Waals surface area contributed by atoms with Crippen molar-refractivity contribution in [3.8, 4) is 39.1 Å². The molecule has 0 saturated heterocycles. The second kappa shape index (κ2) is 16.2. The lowest BCUT2D eigenvalue weighted by molar-refractivity contribution is 0.331. The van der Waals surface area contributed by atoms with Gasteiger partial charge in [0.2, 0.25) is 0 Å². The molecule has 72 heavy (non-hydrogen) atoms. The fourth-order valence-electron chi connectivity index (χ4n) is 13.1. The van der Waals surface area contributed by atoms with E-state index >= 15 is 0 Å². The van der Waals surface area contributed by atoms with E-state index in [9.17, 15) is 0 Å². The van der Waals surface area contributed by atoms with Crippen molar-refractivity contribution < 1.29 is 0 Å². The third-order valence-electron chi connectivity index (χ3n) is 16.8. The van der Waals surface area contributed by atoms with Gasteiger partial charge >= 0.3 is 0 Å². The molecule has 0 radical (unpaired) electrons. The second-order valence-electron chi connectivity index (χ2n) is 21.8. The van der Waals surface area contributed by atoms with E-state index in [1.807, 2.05) is 0 Å². The molecule has 1 aromatic heterocycles. The highest BCUT2D eigenvalue weighted by molar-refractivity contribution is 6.10. The first-order chi connectivity index (χ1) is 35.2. The van der Waals surface area contributed by atoms with Crippen LogP contribution in [0.1, 0.15) is 96.9 Å². The highest BCUT2D eigenvalue weighted by atomic mass is 15.1. The van der Waals surface area contributed by atoms with Crippen LogP contribution < -0.4 is 4.90 Å². The number of fused-ring (bicyclic) bond motifs is 4. The number of nitrogens with zero attached hydrogens (tertiary/aromatic N) is 2. The van der Waals surface area contributed by atoms with Crippen molar-refractivity contribution in [3.63, 3.8) is 0 Å². The Hall–Kier alpha value is -8.20. The van der Waals surface area contributed by atoms with Crippen LogP contribution in [-0.4, -0.2) is 4.57 Å². The van der Waals surface area contributed by atoms with Crippen LogP contribution >= 0.6 is 0 Å². The largest absolute Gasteiger partial charge is 0.310 e. The lowest BCUT2D eigenvalue weighted by atomic mass is 9.56. The topological polar surface area (TPSA) is 8.17 Å². The highest BCUT2D eigenvalue weighted by Gasteiger charge is 2.47. The number of rotatable bonds is 7. The molecule has 2 unspecified atom stereocenters. The van der Waals surface area contributed by atoms with Crippen LogP contribution in [0.15, 0.2) is 231 Å². The quantitative estimate of drug-likeness (QED) is 0.155. The van der Waals surface area contributed by atoms with Crippen LogP contribution in [-0.2, 0) is 10.8 Å². The van der Waals surface area contributed by atoms with E-state index in [0.29, 0.717) is 0 Å². The molecule has 0 saturated carbocycles. The molecule has 2 heteroatoms. The minimum atomic E-state index is 0.0238. The van der Waals surface area contributed by atoms with Gasteiger partial charge in [0.25, 0.3) is 0 Å². The standard InChI is InChI=1S/C70H56N2/c1-69(2)40-41-70(3,4)61-44-59-58(43-60(61)69)65-55-25-14-15-26-56(55)66(59)68-64(39-37-53(67(65)68)49-32-38-63-57(42-49)54-24-16-17-27-62(54)72(63)50-22-12-7-13-23-50)71(51-33-28-47(29-34-51)45-18-8-5-9-19-45)52-35-30-48(31-36-52)46-20-10-6-11-21-46/h5-39,42-44,65-66H,40-41H2,1-4H3. The van der Waals surface area contributed by atoms with E-state index in [-0.39, 0.29) is 22.7 Å². The van der Waals surface area contributed by atoms with E-state index < -0.39 is 0 Å². The molecule has 0 aliphatic heterocycles. The SMILES string of the molecule is CC1(C)CCC(C)(C)c2cc3c(cc21)C1c2ccccc2C3c2c(N(c3ccc(-c4ccccc4)cc3)c3ccc(-c4ccccc4)cc3)ccc(-c3ccc4c(c3)c3ccccc3n4-c3ccccc3)c21. The molecule has 2 atom stereocenters. The fourth-order valence-corrected chi connectivity index (χ4v) is 13.1. The highest BCUT2D eigenvalue weighted by Crippen LogP contribution is 2.63. The zero-order valence-corrected chi connectivity index (χ0v) is 41.4. The number of benzene rings is 10. The van der Waals surface area contributed by atoms with Crippen molar-refractivity contribution in [2.75, 3.05) is 4.90 Å². The van der Waals surface area contributed by atoms with Gasteiger partial charge < -0.3 is 9.47 Å². The first-order valence-corrected chi connectivity index (χ1v) is 25.9. The van der Waals surface area contributed by atoms with Crippen LogP contribution in [0.25, 0.3) is 60.9 Å². The predicted octanol–water partition coefficient (Wildman–Crippen LogP) is 18.6. The summed E-state index contributed by atoms with van der Waals surface area (Å²) in [5.74, 6) is 0.0668. The minimum absolute atomic E-state index is 0.0238.